The zero-order valence-corrected chi connectivity index (χ0v) is 7.80. The highest BCUT2D eigenvalue weighted by molar-refractivity contribution is 5.73. The van der Waals surface area contributed by atoms with Gasteiger partial charge in [-0.1, -0.05) is 0 Å². The Morgan fingerprint density at radius 3 is 3.07 bits per heavy atom. The van der Waals surface area contributed by atoms with E-state index in [9.17, 15) is 4.79 Å². The Morgan fingerprint density at radius 1 is 1.79 bits per heavy atom. The lowest BCUT2D eigenvalue weighted by atomic mass is 10.3. The fraction of sp³-hybridized carbons (Fsp3) is 0.333. The van der Waals surface area contributed by atoms with Crippen LogP contribution in [0.15, 0.2) is 18.3 Å². The first kappa shape index (κ1) is 10.5. The number of rotatable bonds is 4. The third-order valence-electron chi connectivity index (χ3n) is 1.69. The summed E-state index contributed by atoms with van der Waals surface area (Å²) in [5.41, 5.74) is 5.98. The van der Waals surface area contributed by atoms with Gasteiger partial charge in [-0.25, -0.2) is 0 Å². The van der Waals surface area contributed by atoms with E-state index in [1.54, 1.807) is 25.3 Å². The number of hydrogen-bond donors (Lipinski definition) is 2. The van der Waals surface area contributed by atoms with Crippen LogP contribution in [0.2, 0.25) is 0 Å². The third kappa shape index (κ3) is 2.70. The molecular formula is C9H12N2O3. The SMILES string of the molecule is Cc1ncccc1OCC(N)C(=O)O. The molecule has 0 aliphatic carbocycles. The standard InChI is InChI=1S/C9H12N2O3/c1-6-8(3-2-4-11-6)14-5-7(10)9(12)13/h2-4,7H,5,10H2,1H3,(H,12,13). The molecule has 0 aromatic carbocycles. The van der Waals surface area contributed by atoms with E-state index in [2.05, 4.69) is 4.98 Å². The number of pyridine rings is 1. The summed E-state index contributed by atoms with van der Waals surface area (Å²) in [4.78, 5) is 14.4. The average molecular weight is 196 g/mol. The predicted molar refractivity (Wildman–Crippen MR) is 50.1 cm³/mol. The Balaban J connectivity index is 2.54. The number of nitrogens with two attached hydrogens (primary N) is 1. The van der Waals surface area contributed by atoms with Gasteiger partial charge in [0.05, 0.1) is 5.69 Å². The molecule has 0 saturated heterocycles. The van der Waals surface area contributed by atoms with Crippen molar-refractivity contribution >= 4 is 5.97 Å². The fourth-order valence-electron chi connectivity index (χ4n) is 0.873. The van der Waals surface area contributed by atoms with E-state index in [-0.39, 0.29) is 6.61 Å². The minimum atomic E-state index is -1.08. The van der Waals surface area contributed by atoms with Gasteiger partial charge in [0.25, 0.3) is 0 Å². The van der Waals surface area contributed by atoms with Gasteiger partial charge in [0.1, 0.15) is 18.4 Å². The van der Waals surface area contributed by atoms with E-state index in [1.807, 2.05) is 0 Å². The van der Waals surface area contributed by atoms with Crippen LogP contribution in [0.5, 0.6) is 5.75 Å². The molecule has 0 spiro atoms. The number of carboxylic acids is 1. The molecule has 76 valence electrons. The van der Waals surface area contributed by atoms with Crippen LogP contribution in [0.3, 0.4) is 0 Å². The van der Waals surface area contributed by atoms with Crippen molar-refractivity contribution in [1.82, 2.24) is 4.98 Å². The van der Waals surface area contributed by atoms with Crippen molar-refractivity contribution in [3.63, 3.8) is 0 Å². The van der Waals surface area contributed by atoms with Gasteiger partial charge in [-0.3, -0.25) is 9.78 Å². The molecule has 1 atom stereocenters. The summed E-state index contributed by atoms with van der Waals surface area (Å²) in [7, 11) is 0. The molecule has 5 nitrogen and oxygen atoms in total. The van der Waals surface area contributed by atoms with Crippen LogP contribution >= 0.6 is 0 Å². The van der Waals surface area contributed by atoms with Crippen LogP contribution in [-0.4, -0.2) is 28.7 Å². The van der Waals surface area contributed by atoms with Crippen molar-refractivity contribution in [3.05, 3.63) is 24.0 Å². The maximum absolute atomic E-state index is 10.4. The normalized spacial score (nSPS) is 12.1. The summed E-state index contributed by atoms with van der Waals surface area (Å²) in [6.07, 6.45) is 1.64. The molecule has 1 aromatic rings. The van der Waals surface area contributed by atoms with Crippen LogP contribution in [-0.2, 0) is 4.79 Å². The summed E-state index contributed by atoms with van der Waals surface area (Å²) in [6, 6.07) is 2.43. The lowest BCUT2D eigenvalue weighted by molar-refractivity contribution is -0.139. The number of carbonyl (C=O) groups is 1. The molecule has 0 saturated carbocycles. The monoisotopic (exact) mass is 196 g/mol. The minimum Gasteiger partial charge on any atom is -0.489 e. The van der Waals surface area contributed by atoms with Crippen molar-refractivity contribution in [1.29, 1.82) is 0 Å². The minimum absolute atomic E-state index is 0.0537. The second kappa shape index (κ2) is 4.57. The van der Waals surface area contributed by atoms with Gasteiger partial charge in [0.2, 0.25) is 0 Å². The first-order chi connectivity index (χ1) is 6.61. The maximum atomic E-state index is 10.4. The van der Waals surface area contributed by atoms with Crippen LogP contribution < -0.4 is 10.5 Å². The summed E-state index contributed by atoms with van der Waals surface area (Å²) >= 11 is 0. The third-order valence-corrected chi connectivity index (χ3v) is 1.69. The van der Waals surface area contributed by atoms with Gasteiger partial charge in [-0.2, -0.15) is 0 Å². The summed E-state index contributed by atoms with van der Waals surface area (Å²) < 4.78 is 5.19. The zero-order chi connectivity index (χ0) is 10.6. The van der Waals surface area contributed by atoms with Crippen molar-refractivity contribution in [2.24, 2.45) is 5.73 Å². The molecule has 0 aliphatic rings. The second-order valence-corrected chi connectivity index (χ2v) is 2.84. The van der Waals surface area contributed by atoms with Crippen LogP contribution in [0.1, 0.15) is 5.69 Å². The van der Waals surface area contributed by atoms with E-state index < -0.39 is 12.0 Å². The van der Waals surface area contributed by atoms with Gasteiger partial charge in [-0.05, 0) is 19.1 Å². The van der Waals surface area contributed by atoms with E-state index >= 15 is 0 Å². The van der Waals surface area contributed by atoms with Crippen molar-refractivity contribution in [2.75, 3.05) is 6.61 Å². The fourth-order valence-corrected chi connectivity index (χ4v) is 0.873. The molecule has 14 heavy (non-hydrogen) atoms. The average Bonchev–Trinajstić information content (AvgIpc) is 2.16. The van der Waals surface area contributed by atoms with Gasteiger partial charge in [0.15, 0.2) is 0 Å². The highest BCUT2D eigenvalue weighted by Gasteiger charge is 2.12. The zero-order valence-electron chi connectivity index (χ0n) is 7.80. The Morgan fingerprint density at radius 2 is 2.50 bits per heavy atom. The number of ether oxygens (including phenoxy) is 1. The second-order valence-electron chi connectivity index (χ2n) is 2.84. The highest BCUT2D eigenvalue weighted by atomic mass is 16.5. The first-order valence-corrected chi connectivity index (χ1v) is 4.14. The van der Waals surface area contributed by atoms with E-state index in [0.717, 1.165) is 0 Å². The smallest absolute Gasteiger partial charge is 0.324 e. The number of carboxylic acid groups (broad SMARTS) is 1. The number of aromatic nitrogens is 1. The molecular weight excluding hydrogens is 184 g/mol. The van der Waals surface area contributed by atoms with E-state index in [4.69, 9.17) is 15.6 Å². The number of aliphatic carboxylic acids is 1. The molecule has 1 aromatic heterocycles. The first-order valence-electron chi connectivity index (χ1n) is 4.14. The number of nitrogens with zero attached hydrogens (tertiary/aromatic N) is 1. The molecule has 3 N–H and O–H groups in total. The summed E-state index contributed by atoms with van der Waals surface area (Å²) in [5, 5.41) is 8.51. The maximum Gasteiger partial charge on any atom is 0.324 e. The predicted octanol–water partition coefficient (Wildman–Crippen LogP) is 0.181. The number of aryl methyl sites for hydroxylation is 1. The Hall–Kier alpha value is -1.62. The molecule has 1 unspecified atom stereocenters. The largest absolute Gasteiger partial charge is 0.489 e. The Bertz CT molecular complexity index is 328. The summed E-state index contributed by atoms with van der Waals surface area (Å²) in [5.74, 6) is -0.518. The molecule has 0 bridgehead atoms. The molecule has 0 fully saturated rings. The molecule has 0 amide bonds. The van der Waals surface area contributed by atoms with Crippen LogP contribution in [0.4, 0.5) is 0 Å². The lowest BCUT2D eigenvalue weighted by Gasteiger charge is -2.10. The van der Waals surface area contributed by atoms with Crippen molar-refractivity contribution in [2.45, 2.75) is 13.0 Å². The molecule has 1 rings (SSSR count). The quantitative estimate of drug-likeness (QED) is 0.717. The molecule has 0 aliphatic heterocycles. The van der Waals surface area contributed by atoms with Crippen molar-refractivity contribution in [3.8, 4) is 5.75 Å². The van der Waals surface area contributed by atoms with Gasteiger partial charge >= 0.3 is 5.97 Å². The van der Waals surface area contributed by atoms with E-state index in [1.165, 1.54) is 0 Å². The van der Waals surface area contributed by atoms with Crippen LogP contribution in [0, 0.1) is 6.92 Å². The van der Waals surface area contributed by atoms with Gasteiger partial charge in [0, 0.05) is 6.20 Å². The van der Waals surface area contributed by atoms with Crippen LogP contribution in [0.25, 0.3) is 0 Å². The Kier molecular flexibility index (Phi) is 3.41. The molecule has 1 heterocycles. The van der Waals surface area contributed by atoms with Gasteiger partial charge < -0.3 is 15.6 Å². The Labute approximate surface area is 81.5 Å². The topological polar surface area (TPSA) is 85.4 Å². The van der Waals surface area contributed by atoms with Gasteiger partial charge in [-0.15, -0.1) is 0 Å². The highest BCUT2D eigenvalue weighted by Crippen LogP contribution is 2.13. The van der Waals surface area contributed by atoms with E-state index in [0.29, 0.717) is 11.4 Å². The summed E-state index contributed by atoms with van der Waals surface area (Å²) in [6.45, 7) is 1.73. The number of hydrogen-bond acceptors (Lipinski definition) is 4. The molecule has 0 radical (unpaired) electrons. The molecule has 5 heteroatoms. The lowest BCUT2D eigenvalue weighted by Crippen LogP contribution is -2.36. The van der Waals surface area contributed by atoms with Crippen molar-refractivity contribution < 1.29 is 14.6 Å².